The van der Waals surface area contributed by atoms with E-state index in [0.717, 1.165) is 22.9 Å². The molecular weight excluding hydrogens is 325 g/mol. The van der Waals surface area contributed by atoms with Gasteiger partial charge in [0.15, 0.2) is 0 Å². The van der Waals surface area contributed by atoms with Gasteiger partial charge in [0, 0.05) is 21.7 Å². The summed E-state index contributed by atoms with van der Waals surface area (Å²) >= 11 is 12.5. The first kappa shape index (κ1) is 15.5. The third kappa shape index (κ3) is 3.15. The van der Waals surface area contributed by atoms with Crippen LogP contribution >= 0.6 is 23.2 Å². The van der Waals surface area contributed by atoms with Crippen LogP contribution in [0.15, 0.2) is 42.5 Å². The van der Waals surface area contributed by atoms with Gasteiger partial charge in [0.2, 0.25) is 0 Å². The first-order valence-corrected chi connectivity index (χ1v) is 9.23. The minimum atomic E-state index is 0.687. The summed E-state index contributed by atoms with van der Waals surface area (Å²) in [5.41, 5.74) is 3.73. The van der Waals surface area contributed by atoms with E-state index < -0.39 is 0 Å². The molecule has 2 aromatic rings. The monoisotopic (exact) mass is 345 g/mol. The molecule has 3 saturated heterocycles. The molecule has 5 rings (SSSR count). The van der Waals surface area contributed by atoms with Gasteiger partial charge >= 0.3 is 0 Å². The van der Waals surface area contributed by atoms with Gasteiger partial charge in [-0.25, -0.2) is 0 Å². The summed E-state index contributed by atoms with van der Waals surface area (Å²) in [5.74, 6) is 0.941. The number of halogens is 2. The summed E-state index contributed by atoms with van der Waals surface area (Å²) in [7, 11) is 0. The Morgan fingerprint density at radius 2 is 1.74 bits per heavy atom. The number of fused-ring (bicyclic) bond motifs is 3. The minimum absolute atomic E-state index is 0.687. The lowest BCUT2D eigenvalue weighted by molar-refractivity contribution is 0.0499. The van der Waals surface area contributed by atoms with E-state index in [1.807, 2.05) is 18.2 Å². The second kappa shape index (κ2) is 6.47. The van der Waals surface area contributed by atoms with Crippen LogP contribution in [0.25, 0.3) is 11.1 Å². The standard InChI is InChI=1S/C20H21Cl2N/c21-16-5-6-19(20(22)13-16)18-4-2-1-3-15(18)12-17-11-14-7-9-23(17)10-8-14/h1-6,13-14,17H,7-12H2. The summed E-state index contributed by atoms with van der Waals surface area (Å²) in [5, 5.41) is 1.42. The molecule has 0 N–H and O–H groups in total. The predicted molar refractivity (Wildman–Crippen MR) is 98.3 cm³/mol. The van der Waals surface area contributed by atoms with Crippen LogP contribution in [0, 0.1) is 5.92 Å². The Balaban J connectivity index is 1.65. The predicted octanol–water partition coefficient (Wildman–Crippen LogP) is 5.69. The fraction of sp³-hybridized carbons (Fsp3) is 0.400. The minimum Gasteiger partial charge on any atom is -0.300 e. The van der Waals surface area contributed by atoms with Crippen LogP contribution in [0.1, 0.15) is 24.8 Å². The normalized spacial score (nSPS) is 26.4. The summed E-state index contributed by atoms with van der Waals surface area (Å²) in [6.07, 6.45) is 5.25. The highest BCUT2D eigenvalue weighted by atomic mass is 35.5. The smallest absolute Gasteiger partial charge is 0.0499 e. The molecule has 3 aliphatic rings. The molecule has 0 amide bonds. The molecule has 0 spiro atoms. The van der Waals surface area contributed by atoms with Gasteiger partial charge in [-0.3, -0.25) is 0 Å². The molecule has 3 heteroatoms. The molecule has 1 atom stereocenters. The van der Waals surface area contributed by atoms with Crippen molar-refractivity contribution in [3.05, 3.63) is 58.1 Å². The third-order valence-corrected chi connectivity index (χ3v) is 6.01. The zero-order valence-corrected chi connectivity index (χ0v) is 14.7. The Hall–Kier alpha value is -1.02. The lowest BCUT2D eigenvalue weighted by Gasteiger charge is -2.45. The molecule has 1 nitrogen and oxygen atoms in total. The highest BCUT2D eigenvalue weighted by Gasteiger charge is 2.33. The van der Waals surface area contributed by atoms with Crippen LogP contribution < -0.4 is 0 Å². The van der Waals surface area contributed by atoms with Gasteiger partial charge in [-0.15, -0.1) is 0 Å². The molecule has 0 aromatic heterocycles. The van der Waals surface area contributed by atoms with Crippen molar-refractivity contribution in [1.82, 2.24) is 4.90 Å². The fourth-order valence-corrected chi connectivity index (χ4v) is 4.73. The van der Waals surface area contributed by atoms with Crippen LogP contribution in [-0.4, -0.2) is 24.0 Å². The van der Waals surface area contributed by atoms with E-state index in [-0.39, 0.29) is 0 Å². The summed E-state index contributed by atoms with van der Waals surface area (Å²) < 4.78 is 0. The van der Waals surface area contributed by atoms with Gasteiger partial charge < -0.3 is 4.90 Å². The maximum absolute atomic E-state index is 6.45. The maximum atomic E-state index is 6.45. The molecule has 0 radical (unpaired) electrons. The molecule has 3 heterocycles. The van der Waals surface area contributed by atoms with Crippen LogP contribution in [-0.2, 0) is 6.42 Å². The molecule has 2 bridgehead atoms. The average Bonchev–Trinajstić information content (AvgIpc) is 2.57. The van der Waals surface area contributed by atoms with Gasteiger partial charge in [-0.05, 0) is 68.0 Å². The van der Waals surface area contributed by atoms with Crippen LogP contribution in [0.3, 0.4) is 0 Å². The molecule has 3 aliphatic heterocycles. The molecule has 1 unspecified atom stereocenters. The highest BCUT2D eigenvalue weighted by Crippen LogP contribution is 2.37. The van der Waals surface area contributed by atoms with Crippen molar-refractivity contribution < 1.29 is 0 Å². The summed E-state index contributed by atoms with van der Waals surface area (Å²) in [6, 6.07) is 15.2. The zero-order chi connectivity index (χ0) is 15.8. The van der Waals surface area contributed by atoms with E-state index >= 15 is 0 Å². The van der Waals surface area contributed by atoms with E-state index in [1.54, 1.807) is 0 Å². The van der Waals surface area contributed by atoms with E-state index in [1.165, 1.54) is 43.5 Å². The number of hydrogen-bond acceptors (Lipinski definition) is 1. The number of hydrogen-bond donors (Lipinski definition) is 0. The Bertz CT molecular complexity index is 705. The van der Waals surface area contributed by atoms with Gasteiger partial charge in [0.1, 0.15) is 0 Å². The van der Waals surface area contributed by atoms with E-state index in [2.05, 4.69) is 29.2 Å². The van der Waals surface area contributed by atoms with Crippen LogP contribution in [0.4, 0.5) is 0 Å². The lowest BCUT2D eigenvalue weighted by atomic mass is 9.80. The molecule has 120 valence electrons. The van der Waals surface area contributed by atoms with E-state index in [0.29, 0.717) is 11.1 Å². The van der Waals surface area contributed by atoms with Crippen molar-refractivity contribution in [2.24, 2.45) is 5.92 Å². The molecule has 2 aromatic carbocycles. The van der Waals surface area contributed by atoms with Gasteiger partial charge in [0.25, 0.3) is 0 Å². The fourth-order valence-electron chi connectivity index (χ4n) is 4.22. The largest absolute Gasteiger partial charge is 0.300 e. The Morgan fingerprint density at radius 1 is 0.957 bits per heavy atom. The Morgan fingerprint density at radius 3 is 2.43 bits per heavy atom. The summed E-state index contributed by atoms with van der Waals surface area (Å²) in [6.45, 7) is 2.55. The quantitative estimate of drug-likeness (QED) is 0.690. The SMILES string of the molecule is Clc1ccc(-c2ccccc2CC2CC3CCN2CC3)c(Cl)c1. The summed E-state index contributed by atoms with van der Waals surface area (Å²) in [4.78, 5) is 2.68. The zero-order valence-electron chi connectivity index (χ0n) is 13.1. The second-order valence-electron chi connectivity index (χ2n) is 6.85. The number of piperidine rings is 3. The molecule has 23 heavy (non-hydrogen) atoms. The van der Waals surface area contributed by atoms with Crippen LogP contribution in [0.5, 0.6) is 0 Å². The first-order valence-electron chi connectivity index (χ1n) is 8.48. The van der Waals surface area contributed by atoms with Crippen molar-refractivity contribution in [2.45, 2.75) is 31.7 Å². The molecule has 0 saturated carbocycles. The van der Waals surface area contributed by atoms with Gasteiger partial charge in [0.05, 0.1) is 0 Å². The topological polar surface area (TPSA) is 3.24 Å². The third-order valence-electron chi connectivity index (χ3n) is 5.47. The van der Waals surface area contributed by atoms with Crippen molar-refractivity contribution in [2.75, 3.05) is 13.1 Å². The molecule has 0 aliphatic carbocycles. The van der Waals surface area contributed by atoms with Crippen molar-refractivity contribution in [3.63, 3.8) is 0 Å². The van der Waals surface area contributed by atoms with Gasteiger partial charge in [-0.1, -0.05) is 53.5 Å². The first-order chi connectivity index (χ1) is 11.2. The lowest BCUT2D eigenvalue weighted by Crippen LogP contribution is -2.49. The maximum Gasteiger partial charge on any atom is 0.0499 e. The number of benzene rings is 2. The van der Waals surface area contributed by atoms with Crippen molar-refractivity contribution in [3.8, 4) is 11.1 Å². The second-order valence-corrected chi connectivity index (χ2v) is 7.70. The van der Waals surface area contributed by atoms with E-state index in [4.69, 9.17) is 23.2 Å². The average molecular weight is 346 g/mol. The number of rotatable bonds is 3. The van der Waals surface area contributed by atoms with E-state index in [9.17, 15) is 0 Å². The number of nitrogens with zero attached hydrogens (tertiary/aromatic N) is 1. The van der Waals surface area contributed by atoms with Crippen LogP contribution in [0.2, 0.25) is 10.0 Å². The van der Waals surface area contributed by atoms with Crippen molar-refractivity contribution >= 4 is 23.2 Å². The molecular formula is C20H21Cl2N. The Kier molecular flexibility index (Phi) is 4.36. The highest BCUT2D eigenvalue weighted by molar-refractivity contribution is 6.36. The molecule has 3 fully saturated rings. The van der Waals surface area contributed by atoms with Gasteiger partial charge in [-0.2, -0.15) is 0 Å². The Labute approximate surface area is 148 Å². The van der Waals surface area contributed by atoms with Crippen molar-refractivity contribution in [1.29, 1.82) is 0 Å².